The first-order valence-corrected chi connectivity index (χ1v) is 8.20. The van der Waals surface area contributed by atoms with Crippen molar-refractivity contribution in [2.24, 2.45) is 11.0 Å². The van der Waals surface area contributed by atoms with Gasteiger partial charge >= 0.3 is 6.18 Å². The minimum Gasteiger partial charge on any atom is -0.273 e. The Bertz CT molecular complexity index is 699. The fourth-order valence-electron chi connectivity index (χ4n) is 2.06. The van der Waals surface area contributed by atoms with E-state index >= 15 is 0 Å². The van der Waals surface area contributed by atoms with Crippen molar-refractivity contribution in [2.75, 3.05) is 11.5 Å². The fourth-order valence-corrected chi connectivity index (χ4v) is 3.80. The third kappa shape index (κ3) is 4.30. The number of nitrogens with one attached hydrogen (secondary N) is 1. The summed E-state index contributed by atoms with van der Waals surface area (Å²) in [5.41, 5.74) is 1.51. The molecule has 1 saturated heterocycles. The van der Waals surface area contributed by atoms with Crippen LogP contribution in [0, 0.1) is 5.92 Å². The van der Waals surface area contributed by atoms with Crippen LogP contribution in [0.5, 0.6) is 0 Å². The van der Waals surface area contributed by atoms with E-state index in [-0.39, 0.29) is 23.5 Å². The second-order valence-electron chi connectivity index (χ2n) is 4.96. The van der Waals surface area contributed by atoms with E-state index in [1.165, 1.54) is 12.1 Å². The van der Waals surface area contributed by atoms with Crippen molar-refractivity contribution in [3.05, 3.63) is 35.4 Å². The van der Waals surface area contributed by atoms with Crippen molar-refractivity contribution in [1.82, 2.24) is 5.43 Å². The molecule has 1 amide bonds. The van der Waals surface area contributed by atoms with Gasteiger partial charge in [0, 0.05) is 0 Å². The molecule has 0 aliphatic carbocycles. The van der Waals surface area contributed by atoms with E-state index in [1.54, 1.807) is 0 Å². The van der Waals surface area contributed by atoms with Gasteiger partial charge in [0.05, 0.1) is 29.2 Å². The van der Waals surface area contributed by atoms with Gasteiger partial charge in [-0.05, 0) is 24.1 Å². The van der Waals surface area contributed by atoms with Crippen molar-refractivity contribution in [3.63, 3.8) is 0 Å². The molecule has 2 rings (SSSR count). The summed E-state index contributed by atoms with van der Waals surface area (Å²) in [7, 11) is -3.18. The monoisotopic (exact) mass is 334 g/mol. The zero-order valence-corrected chi connectivity index (χ0v) is 12.1. The van der Waals surface area contributed by atoms with E-state index < -0.39 is 33.4 Å². The average molecular weight is 334 g/mol. The number of amides is 1. The topological polar surface area (TPSA) is 75.6 Å². The molecular weight excluding hydrogens is 321 g/mol. The quantitative estimate of drug-likeness (QED) is 0.674. The molecule has 120 valence electrons. The molecule has 22 heavy (non-hydrogen) atoms. The van der Waals surface area contributed by atoms with Gasteiger partial charge in [0.25, 0.3) is 0 Å². The molecule has 1 N–H and O–H groups in total. The molecule has 1 fully saturated rings. The van der Waals surface area contributed by atoms with Crippen LogP contribution in [0.4, 0.5) is 13.2 Å². The van der Waals surface area contributed by atoms with Crippen LogP contribution in [0.25, 0.3) is 0 Å². The summed E-state index contributed by atoms with van der Waals surface area (Å²) >= 11 is 0. The van der Waals surface area contributed by atoms with Gasteiger partial charge in [-0.3, -0.25) is 4.79 Å². The summed E-state index contributed by atoms with van der Waals surface area (Å²) in [4.78, 5) is 11.7. The Morgan fingerprint density at radius 1 is 1.36 bits per heavy atom. The van der Waals surface area contributed by atoms with E-state index in [4.69, 9.17) is 0 Å². The zero-order valence-electron chi connectivity index (χ0n) is 11.3. The van der Waals surface area contributed by atoms with Gasteiger partial charge in [0.2, 0.25) is 5.91 Å². The van der Waals surface area contributed by atoms with Crippen LogP contribution in [0.2, 0.25) is 0 Å². The Morgan fingerprint density at radius 2 is 2.09 bits per heavy atom. The maximum Gasteiger partial charge on any atom is 0.416 e. The molecule has 0 aromatic heterocycles. The van der Waals surface area contributed by atoms with Crippen LogP contribution < -0.4 is 5.43 Å². The smallest absolute Gasteiger partial charge is 0.273 e. The number of hydrazone groups is 1. The predicted octanol–water partition coefficient (Wildman–Crippen LogP) is 1.59. The average Bonchev–Trinajstić information content (AvgIpc) is 2.78. The molecule has 1 aliphatic rings. The van der Waals surface area contributed by atoms with Crippen molar-refractivity contribution >= 4 is 22.0 Å². The zero-order chi connectivity index (χ0) is 16.4. The molecule has 0 spiro atoms. The van der Waals surface area contributed by atoms with Gasteiger partial charge in [0.1, 0.15) is 0 Å². The summed E-state index contributed by atoms with van der Waals surface area (Å²) in [6.07, 6.45) is -3.14. The first-order chi connectivity index (χ1) is 10.2. The number of benzene rings is 1. The minimum atomic E-state index is -4.45. The molecule has 1 aliphatic heterocycles. The van der Waals surface area contributed by atoms with Crippen molar-refractivity contribution in [2.45, 2.75) is 12.6 Å². The summed E-state index contributed by atoms with van der Waals surface area (Å²) in [5.74, 6) is -1.48. The third-order valence-electron chi connectivity index (χ3n) is 3.21. The van der Waals surface area contributed by atoms with E-state index in [2.05, 4.69) is 10.5 Å². The predicted molar refractivity (Wildman–Crippen MR) is 73.9 cm³/mol. The SMILES string of the molecule is O=C(N/N=C\c1cccc(C(F)(F)F)c1)[C@H]1CCS(=O)(=O)C1. The van der Waals surface area contributed by atoms with Gasteiger partial charge in [-0.2, -0.15) is 18.3 Å². The highest BCUT2D eigenvalue weighted by Gasteiger charge is 2.33. The second kappa shape index (κ2) is 6.07. The number of halogens is 3. The first kappa shape index (κ1) is 16.5. The summed E-state index contributed by atoms with van der Waals surface area (Å²) < 4.78 is 60.1. The first-order valence-electron chi connectivity index (χ1n) is 6.38. The summed E-state index contributed by atoms with van der Waals surface area (Å²) in [5, 5.41) is 3.57. The molecule has 5 nitrogen and oxygen atoms in total. The van der Waals surface area contributed by atoms with E-state index in [0.29, 0.717) is 0 Å². The molecule has 1 aromatic carbocycles. The number of hydrogen-bond acceptors (Lipinski definition) is 4. The van der Waals surface area contributed by atoms with Crippen molar-refractivity contribution in [1.29, 1.82) is 0 Å². The Hall–Kier alpha value is -1.90. The molecule has 0 bridgehead atoms. The maximum absolute atomic E-state index is 12.5. The summed E-state index contributed by atoms with van der Waals surface area (Å²) in [6, 6.07) is 4.47. The highest BCUT2D eigenvalue weighted by molar-refractivity contribution is 7.91. The van der Waals surface area contributed by atoms with E-state index in [1.807, 2.05) is 0 Å². The molecular formula is C13H13F3N2O3S. The normalized spacial score (nSPS) is 21.1. The molecule has 9 heteroatoms. The number of sulfone groups is 1. The van der Waals surface area contributed by atoms with Crippen LogP contribution in [-0.2, 0) is 20.8 Å². The van der Waals surface area contributed by atoms with Crippen LogP contribution in [-0.4, -0.2) is 32.0 Å². The molecule has 0 saturated carbocycles. The lowest BCUT2D eigenvalue weighted by atomic mass is 10.1. The van der Waals surface area contributed by atoms with Crippen molar-refractivity contribution in [3.8, 4) is 0 Å². The Labute approximate surface area is 125 Å². The van der Waals surface area contributed by atoms with Gasteiger partial charge in [-0.15, -0.1) is 0 Å². The standard InChI is InChI=1S/C13H13F3N2O3S/c14-13(15,16)11-3-1-2-9(6-11)7-17-18-12(19)10-4-5-22(20,21)8-10/h1-3,6-7,10H,4-5,8H2,(H,18,19)/b17-7-/t10-/m0/s1. The Morgan fingerprint density at radius 3 is 2.68 bits per heavy atom. The van der Waals surface area contributed by atoms with Gasteiger partial charge in [-0.25, -0.2) is 13.8 Å². The van der Waals surface area contributed by atoms with Crippen molar-refractivity contribution < 1.29 is 26.4 Å². The van der Waals surface area contributed by atoms with Gasteiger partial charge < -0.3 is 0 Å². The number of carbonyl (C=O) groups is 1. The lowest BCUT2D eigenvalue weighted by molar-refractivity contribution is -0.137. The largest absolute Gasteiger partial charge is 0.416 e. The van der Waals surface area contributed by atoms with Crippen LogP contribution >= 0.6 is 0 Å². The second-order valence-corrected chi connectivity index (χ2v) is 7.19. The van der Waals surface area contributed by atoms with E-state index in [0.717, 1.165) is 18.3 Å². The lowest BCUT2D eigenvalue weighted by Gasteiger charge is -2.07. The molecule has 0 radical (unpaired) electrons. The molecule has 0 unspecified atom stereocenters. The number of nitrogens with zero attached hydrogens (tertiary/aromatic N) is 1. The highest BCUT2D eigenvalue weighted by atomic mass is 32.2. The maximum atomic E-state index is 12.5. The molecule has 1 heterocycles. The van der Waals surface area contributed by atoms with Gasteiger partial charge in [0.15, 0.2) is 9.84 Å². The van der Waals surface area contributed by atoms with Gasteiger partial charge in [-0.1, -0.05) is 12.1 Å². The van der Waals surface area contributed by atoms with Crippen LogP contribution in [0.1, 0.15) is 17.5 Å². The lowest BCUT2D eigenvalue weighted by Crippen LogP contribution is -2.27. The fraction of sp³-hybridized carbons (Fsp3) is 0.385. The van der Waals surface area contributed by atoms with E-state index in [9.17, 15) is 26.4 Å². The Kier molecular flexibility index (Phi) is 4.55. The van der Waals surface area contributed by atoms with Crippen LogP contribution in [0.3, 0.4) is 0 Å². The highest BCUT2D eigenvalue weighted by Crippen LogP contribution is 2.29. The summed E-state index contributed by atoms with van der Waals surface area (Å²) in [6.45, 7) is 0. The van der Waals surface area contributed by atoms with Crippen LogP contribution in [0.15, 0.2) is 29.4 Å². The number of rotatable bonds is 3. The number of alkyl halides is 3. The minimum absolute atomic E-state index is 0.0393. The molecule has 1 atom stereocenters. The number of carbonyl (C=O) groups excluding carboxylic acids is 1. The Balaban J connectivity index is 1.97. The molecule has 1 aromatic rings. The third-order valence-corrected chi connectivity index (χ3v) is 4.97. The number of hydrogen-bond donors (Lipinski definition) is 1.